The number of hydrogen-bond donors (Lipinski definition) is 2. The number of amides is 2. The van der Waals surface area contributed by atoms with Crippen molar-refractivity contribution in [3.8, 4) is 6.07 Å². The molecule has 0 unspecified atom stereocenters. The maximum absolute atomic E-state index is 12.3. The van der Waals surface area contributed by atoms with Gasteiger partial charge < -0.3 is 19.9 Å². The smallest absolute Gasteiger partial charge is 0.338 e. The van der Waals surface area contributed by atoms with Gasteiger partial charge in [0.25, 0.3) is 11.8 Å². The Kier molecular flexibility index (Phi) is 6.71. The summed E-state index contributed by atoms with van der Waals surface area (Å²) in [5, 5.41) is 11.9. The van der Waals surface area contributed by atoms with Crippen LogP contribution in [-0.2, 0) is 9.53 Å². The lowest BCUT2D eigenvalue weighted by atomic mass is 10.2. The van der Waals surface area contributed by atoms with Gasteiger partial charge in [0.1, 0.15) is 17.3 Å². The zero-order valence-electron chi connectivity index (χ0n) is 15.8. The van der Waals surface area contributed by atoms with E-state index in [4.69, 9.17) is 4.74 Å². The van der Waals surface area contributed by atoms with Crippen LogP contribution in [0.25, 0.3) is 6.08 Å². The Morgan fingerprint density at radius 1 is 1.18 bits per heavy atom. The molecule has 2 aromatic rings. The zero-order chi connectivity index (χ0) is 20.7. The Hall–Kier alpha value is -3.86. The Morgan fingerprint density at radius 3 is 2.43 bits per heavy atom. The van der Waals surface area contributed by atoms with Crippen molar-refractivity contribution in [2.24, 2.45) is 0 Å². The molecule has 0 spiro atoms. The Balaban J connectivity index is 2.11. The second kappa shape index (κ2) is 9.19. The standard InChI is InChI=1S/C20H20N4O4/c1-4-28-20(27)13-5-7-15(8-6-13)23-18(25)14(12-21)11-16-9-10-17(22-16)19(26)24(2)3/h5-11,22H,4H2,1-3H3,(H,23,25). The highest BCUT2D eigenvalue weighted by molar-refractivity contribution is 6.09. The van der Waals surface area contributed by atoms with E-state index in [1.54, 1.807) is 45.3 Å². The lowest BCUT2D eigenvalue weighted by Gasteiger charge is -2.07. The summed E-state index contributed by atoms with van der Waals surface area (Å²) >= 11 is 0. The highest BCUT2D eigenvalue weighted by Gasteiger charge is 2.13. The number of aromatic nitrogens is 1. The molecule has 0 saturated heterocycles. The number of carbonyl (C=O) groups is 3. The molecule has 2 N–H and O–H groups in total. The topological polar surface area (TPSA) is 115 Å². The van der Waals surface area contributed by atoms with Gasteiger partial charge in [-0.05, 0) is 49.4 Å². The van der Waals surface area contributed by atoms with Crippen molar-refractivity contribution < 1.29 is 19.1 Å². The van der Waals surface area contributed by atoms with Gasteiger partial charge in [-0.15, -0.1) is 0 Å². The first-order valence-corrected chi connectivity index (χ1v) is 8.46. The van der Waals surface area contributed by atoms with E-state index >= 15 is 0 Å². The third kappa shape index (κ3) is 5.08. The van der Waals surface area contributed by atoms with E-state index in [0.717, 1.165) is 0 Å². The molecule has 1 aromatic heterocycles. The second-order valence-electron chi connectivity index (χ2n) is 5.95. The van der Waals surface area contributed by atoms with Gasteiger partial charge in [-0.1, -0.05) is 0 Å². The summed E-state index contributed by atoms with van der Waals surface area (Å²) in [5.74, 6) is -1.28. The first-order valence-electron chi connectivity index (χ1n) is 8.46. The summed E-state index contributed by atoms with van der Waals surface area (Å²) in [4.78, 5) is 40.1. The molecule has 1 aromatic carbocycles. The molecule has 2 amide bonds. The van der Waals surface area contributed by atoms with Crippen molar-refractivity contribution in [1.29, 1.82) is 5.26 Å². The maximum Gasteiger partial charge on any atom is 0.338 e. The normalized spacial score (nSPS) is 10.7. The van der Waals surface area contributed by atoms with Crippen LogP contribution < -0.4 is 5.32 Å². The molecule has 0 aliphatic rings. The molecule has 1 heterocycles. The van der Waals surface area contributed by atoms with Gasteiger partial charge in [0.2, 0.25) is 0 Å². The Labute approximate surface area is 162 Å². The lowest BCUT2D eigenvalue weighted by molar-refractivity contribution is -0.112. The minimum atomic E-state index is -0.610. The van der Waals surface area contributed by atoms with Gasteiger partial charge in [0.15, 0.2) is 0 Å². The quantitative estimate of drug-likeness (QED) is 0.454. The fourth-order valence-electron chi connectivity index (χ4n) is 2.27. The summed E-state index contributed by atoms with van der Waals surface area (Å²) < 4.78 is 4.90. The van der Waals surface area contributed by atoms with E-state index in [1.807, 2.05) is 6.07 Å². The van der Waals surface area contributed by atoms with E-state index in [-0.39, 0.29) is 18.1 Å². The van der Waals surface area contributed by atoms with Crippen LogP contribution in [0.2, 0.25) is 0 Å². The van der Waals surface area contributed by atoms with Crippen molar-refractivity contribution in [2.75, 3.05) is 26.0 Å². The molecule has 8 heteroatoms. The van der Waals surface area contributed by atoms with Crippen molar-refractivity contribution in [1.82, 2.24) is 9.88 Å². The number of carbonyl (C=O) groups excluding carboxylic acids is 3. The van der Waals surface area contributed by atoms with Crippen molar-refractivity contribution >= 4 is 29.5 Å². The molecule has 0 radical (unpaired) electrons. The number of ether oxygens (including phenoxy) is 1. The number of rotatable bonds is 6. The molecule has 0 bridgehead atoms. The van der Waals surface area contributed by atoms with Crippen LogP contribution in [0.3, 0.4) is 0 Å². The summed E-state index contributed by atoms with van der Waals surface area (Å²) in [6.07, 6.45) is 1.36. The Morgan fingerprint density at radius 2 is 1.86 bits per heavy atom. The lowest BCUT2D eigenvalue weighted by Crippen LogP contribution is -2.21. The zero-order valence-corrected chi connectivity index (χ0v) is 15.8. The highest BCUT2D eigenvalue weighted by atomic mass is 16.5. The van der Waals surface area contributed by atoms with E-state index in [2.05, 4.69) is 10.3 Å². The van der Waals surface area contributed by atoms with Crippen LogP contribution in [0.4, 0.5) is 5.69 Å². The van der Waals surface area contributed by atoms with Gasteiger partial charge in [-0.25, -0.2) is 4.79 Å². The van der Waals surface area contributed by atoms with Crippen LogP contribution in [0.1, 0.15) is 33.5 Å². The van der Waals surface area contributed by atoms with Crippen molar-refractivity contribution in [3.05, 3.63) is 58.9 Å². The monoisotopic (exact) mass is 380 g/mol. The summed E-state index contributed by atoms with van der Waals surface area (Å²) in [7, 11) is 3.25. The van der Waals surface area contributed by atoms with Crippen molar-refractivity contribution in [2.45, 2.75) is 6.92 Å². The molecule has 28 heavy (non-hydrogen) atoms. The predicted octanol–water partition coefficient (Wildman–Crippen LogP) is 2.44. The number of nitrogens with one attached hydrogen (secondary N) is 2. The minimum Gasteiger partial charge on any atom is -0.462 e. The van der Waals surface area contributed by atoms with Crippen LogP contribution in [0, 0.1) is 11.3 Å². The third-order valence-electron chi connectivity index (χ3n) is 3.66. The number of nitrogens with zero attached hydrogens (tertiary/aromatic N) is 2. The van der Waals surface area contributed by atoms with E-state index in [1.165, 1.54) is 23.1 Å². The highest BCUT2D eigenvalue weighted by Crippen LogP contribution is 2.14. The van der Waals surface area contributed by atoms with Gasteiger partial charge in [0.05, 0.1) is 12.2 Å². The average molecular weight is 380 g/mol. The number of nitriles is 1. The van der Waals surface area contributed by atoms with Crippen LogP contribution in [-0.4, -0.2) is 48.4 Å². The van der Waals surface area contributed by atoms with Gasteiger partial charge in [-0.3, -0.25) is 9.59 Å². The third-order valence-corrected chi connectivity index (χ3v) is 3.66. The predicted molar refractivity (Wildman–Crippen MR) is 103 cm³/mol. The molecule has 0 aliphatic carbocycles. The van der Waals surface area contributed by atoms with Crippen LogP contribution in [0.5, 0.6) is 0 Å². The number of aromatic amines is 1. The number of esters is 1. The van der Waals surface area contributed by atoms with E-state index in [9.17, 15) is 19.6 Å². The molecule has 8 nitrogen and oxygen atoms in total. The molecule has 144 valence electrons. The number of H-pyrrole nitrogens is 1. The minimum absolute atomic E-state index is 0.139. The van der Waals surface area contributed by atoms with E-state index in [0.29, 0.717) is 22.6 Å². The molecule has 0 fully saturated rings. The summed E-state index contributed by atoms with van der Waals surface area (Å²) in [5.41, 5.74) is 1.45. The first kappa shape index (κ1) is 20.5. The average Bonchev–Trinajstić information content (AvgIpc) is 3.14. The molecular formula is C20H20N4O4. The second-order valence-corrected chi connectivity index (χ2v) is 5.95. The first-order chi connectivity index (χ1) is 13.3. The van der Waals surface area contributed by atoms with Crippen LogP contribution in [0.15, 0.2) is 42.0 Å². The van der Waals surface area contributed by atoms with Crippen LogP contribution >= 0.6 is 0 Å². The van der Waals surface area contributed by atoms with E-state index < -0.39 is 11.9 Å². The molecule has 0 atom stereocenters. The summed E-state index contributed by atoms with van der Waals surface area (Å²) in [6.45, 7) is 1.99. The maximum atomic E-state index is 12.3. The fraction of sp³-hybridized carbons (Fsp3) is 0.200. The molecule has 0 aliphatic heterocycles. The Bertz CT molecular complexity index is 949. The largest absolute Gasteiger partial charge is 0.462 e. The molecule has 2 rings (SSSR count). The van der Waals surface area contributed by atoms with Gasteiger partial charge in [0, 0.05) is 25.5 Å². The molecular weight excluding hydrogens is 360 g/mol. The number of anilines is 1. The van der Waals surface area contributed by atoms with Gasteiger partial charge in [-0.2, -0.15) is 5.26 Å². The number of benzene rings is 1. The van der Waals surface area contributed by atoms with Crippen molar-refractivity contribution in [3.63, 3.8) is 0 Å². The van der Waals surface area contributed by atoms with Gasteiger partial charge >= 0.3 is 5.97 Å². The SMILES string of the molecule is CCOC(=O)c1ccc(NC(=O)C(C#N)=Cc2ccc(C(=O)N(C)C)[nH]2)cc1. The number of hydrogen-bond acceptors (Lipinski definition) is 5. The fourth-order valence-corrected chi connectivity index (χ4v) is 2.27. The summed E-state index contributed by atoms with van der Waals surface area (Å²) in [6, 6.07) is 11.2. The molecule has 0 saturated carbocycles.